The largest absolute Gasteiger partial charge is 0.493 e. The predicted molar refractivity (Wildman–Crippen MR) is 84.1 cm³/mol. The number of nitrogens with zero attached hydrogens (tertiary/aromatic N) is 2. The van der Waals surface area contributed by atoms with Crippen molar-refractivity contribution < 1.29 is 27.5 Å². The molecule has 6 nitrogen and oxygen atoms in total. The Kier molecular flexibility index (Phi) is 5.47. The van der Waals surface area contributed by atoms with Crippen LogP contribution >= 0.6 is 0 Å². The second kappa shape index (κ2) is 7.77. The molecule has 1 aromatic heterocycles. The SMILES string of the molecule is COc1ccc(Cc2nc(C3CCOCC3C)no2)cc1OC(F)F. The molecule has 0 N–H and O–H groups in total. The number of hydrogen-bond acceptors (Lipinski definition) is 6. The molecule has 0 amide bonds. The molecule has 3 rings (SSSR count). The zero-order valence-corrected chi connectivity index (χ0v) is 14.1. The van der Waals surface area contributed by atoms with Crippen molar-refractivity contribution in [3.8, 4) is 11.5 Å². The number of halogens is 2. The van der Waals surface area contributed by atoms with Gasteiger partial charge in [0.25, 0.3) is 0 Å². The standard InChI is InChI=1S/C17H20F2N2O4/c1-10-9-23-6-5-12(10)16-20-15(25-21-16)8-11-3-4-13(22-2)14(7-11)24-17(18)19/h3-4,7,10,12,17H,5-6,8-9H2,1-2H3. The summed E-state index contributed by atoms with van der Waals surface area (Å²) in [7, 11) is 1.40. The van der Waals surface area contributed by atoms with Gasteiger partial charge in [0.15, 0.2) is 17.3 Å². The summed E-state index contributed by atoms with van der Waals surface area (Å²) in [5.41, 5.74) is 0.715. The van der Waals surface area contributed by atoms with E-state index in [0.29, 0.717) is 42.8 Å². The Hall–Kier alpha value is -2.22. The fourth-order valence-corrected chi connectivity index (χ4v) is 2.95. The number of alkyl halides is 2. The molecular formula is C17H20F2N2O4. The third-order valence-corrected chi connectivity index (χ3v) is 4.26. The van der Waals surface area contributed by atoms with Crippen LogP contribution in [0.2, 0.25) is 0 Å². The van der Waals surface area contributed by atoms with Crippen LogP contribution in [0.4, 0.5) is 8.78 Å². The molecule has 1 aliphatic rings. The minimum Gasteiger partial charge on any atom is -0.493 e. The fourth-order valence-electron chi connectivity index (χ4n) is 2.95. The number of aromatic nitrogens is 2. The first kappa shape index (κ1) is 17.6. The van der Waals surface area contributed by atoms with Crippen molar-refractivity contribution in [3.05, 3.63) is 35.5 Å². The normalized spacial score (nSPS) is 20.7. The lowest BCUT2D eigenvalue weighted by molar-refractivity contribution is -0.0512. The van der Waals surface area contributed by atoms with Crippen molar-refractivity contribution >= 4 is 0 Å². The van der Waals surface area contributed by atoms with Gasteiger partial charge >= 0.3 is 6.61 Å². The highest BCUT2D eigenvalue weighted by Crippen LogP contribution is 2.32. The van der Waals surface area contributed by atoms with Crippen molar-refractivity contribution in [2.75, 3.05) is 20.3 Å². The van der Waals surface area contributed by atoms with Crippen LogP contribution in [0.1, 0.15) is 36.5 Å². The highest BCUT2D eigenvalue weighted by atomic mass is 19.3. The lowest BCUT2D eigenvalue weighted by atomic mass is 9.89. The number of ether oxygens (including phenoxy) is 3. The molecule has 0 radical (unpaired) electrons. The van der Waals surface area contributed by atoms with E-state index in [1.165, 1.54) is 13.2 Å². The van der Waals surface area contributed by atoms with E-state index in [0.717, 1.165) is 6.42 Å². The van der Waals surface area contributed by atoms with Crippen LogP contribution in [-0.4, -0.2) is 37.1 Å². The molecular weight excluding hydrogens is 334 g/mol. The lowest BCUT2D eigenvalue weighted by Crippen LogP contribution is -2.24. The number of methoxy groups -OCH3 is 1. The molecule has 8 heteroatoms. The Morgan fingerprint density at radius 1 is 1.32 bits per heavy atom. The maximum absolute atomic E-state index is 12.5. The van der Waals surface area contributed by atoms with Gasteiger partial charge < -0.3 is 18.7 Å². The topological polar surface area (TPSA) is 66.6 Å². The maximum Gasteiger partial charge on any atom is 0.387 e. The van der Waals surface area contributed by atoms with Gasteiger partial charge in [-0.25, -0.2) is 0 Å². The van der Waals surface area contributed by atoms with Gasteiger partial charge in [0.2, 0.25) is 5.89 Å². The summed E-state index contributed by atoms with van der Waals surface area (Å²) in [6, 6.07) is 4.81. The van der Waals surface area contributed by atoms with Crippen LogP contribution in [-0.2, 0) is 11.2 Å². The minimum atomic E-state index is -2.92. The van der Waals surface area contributed by atoms with Crippen LogP contribution in [0, 0.1) is 5.92 Å². The Morgan fingerprint density at radius 2 is 2.16 bits per heavy atom. The van der Waals surface area contributed by atoms with E-state index in [1.807, 2.05) is 0 Å². The zero-order chi connectivity index (χ0) is 17.8. The van der Waals surface area contributed by atoms with Gasteiger partial charge in [0, 0.05) is 19.1 Å². The smallest absolute Gasteiger partial charge is 0.387 e. The van der Waals surface area contributed by atoms with Crippen molar-refractivity contribution in [2.24, 2.45) is 5.92 Å². The van der Waals surface area contributed by atoms with Gasteiger partial charge in [0.1, 0.15) is 0 Å². The molecule has 1 saturated heterocycles. The second-order valence-corrected chi connectivity index (χ2v) is 6.03. The van der Waals surface area contributed by atoms with Crippen LogP contribution in [0.15, 0.2) is 22.7 Å². The van der Waals surface area contributed by atoms with E-state index in [1.54, 1.807) is 12.1 Å². The fraction of sp³-hybridized carbons (Fsp3) is 0.529. The molecule has 1 fully saturated rings. The molecule has 2 unspecified atom stereocenters. The summed E-state index contributed by atoms with van der Waals surface area (Å²) in [4.78, 5) is 4.46. The summed E-state index contributed by atoms with van der Waals surface area (Å²) in [6.07, 6.45) is 1.18. The zero-order valence-electron chi connectivity index (χ0n) is 14.1. The van der Waals surface area contributed by atoms with Crippen LogP contribution < -0.4 is 9.47 Å². The molecule has 1 aromatic carbocycles. The highest BCUT2D eigenvalue weighted by molar-refractivity contribution is 5.43. The molecule has 2 aromatic rings. The van der Waals surface area contributed by atoms with Gasteiger partial charge in [-0.2, -0.15) is 13.8 Å². The first-order valence-electron chi connectivity index (χ1n) is 8.08. The summed E-state index contributed by atoms with van der Waals surface area (Å²) < 4.78 is 45.3. The van der Waals surface area contributed by atoms with Gasteiger partial charge in [-0.1, -0.05) is 18.1 Å². The average molecular weight is 354 g/mol. The van der Waals surface area contributed by atoms with Crippen LogP contribution in [0.5, 0.6) is 11.5 Å². The van der Waals surface area contributed by atoms with Crippen molar-refractivity contribution in [2.45, 2.75) is 32.3 Å². The van der Waals surface area contributed by atoms with Crippen molar-refractivity contribution in [1.29, 1.82) is 0 Å². The Labute approximate surface area is 144 Å². The molecule has 0 aliphatic carbocycles. The summed E-state index contributed by atoms with van der Waals surface area (Å²) in [6.45, 7) is 0.541. The number of hydrogen-bond donors (Lipinski definition) is 0. The van der Waals surface area contributed by atoms with Crippen LogP contribution in [0.3, 0.4) is 0 Å². The average Bonchev–Trinajstić information content (AvgIpc) is 3.03. The minimum absolute atomic E-state index is 0.0206. The van der Waals surface area contributed by atoms with Gasteiger partial charge in [-0.05, 0) is 30.0 Å². The van der Waals surface area contributed by atoms with Gasteiger partial charge in [-0.3, -0.25) is 0 Å². The monoisotopic (exact) mass is 354 g/mol. The first-order valence-corrected chi connectivity index (χ1v) is 8.08. The van der Waals surface area contributed by atoms with Crippen molar-refractivity contribution in [1.82, 2.24) is 10.1 Å². The van der Waals surface area contributed by atoms with E-state index in [2.05, 4.69) is 21.8 Å². The van der Waals surface area contributed by atoms with E-state index < -0.39 is 6.61 Å². The maximum atomic E-state index is 12.5. The summed E-state index contributed by atoms with van der Waals surface area (Å²) >= 11 is 0. The molecule has 0 bridgehead atoms. The van der Waals surface area contributed by atoms with E-state index in [9.17, 15) is 8.78 Å². The molecule has 0 saturated carbocycles. The second-order valence-electron chi connectivity index (χ2n) is 6.03. The Bertz CT molecular complexity index is 708. The van der Waals surface area contributed by atoms with Gasteiger partial charge in [0.05, 0.1) is 13.5 Å². The highest BCUT2D eigenvalue weighted by Gasteiger charge is 2.27. The first-order chi connectivity index (χ1) is 12.1. The van der Waals surface area contributed by atoms with Crippen LogP contribution in [0.25, 0.3) is 0 Å². The van der Waals surface area contributed by atoms with E-state index in [4.69, 9.17) is 14.0 Å². The van der Waals surface area contributed by atoms with Crippen molar-refractivity contribution in [3.63, 3.8) is 0 Å². The quantitative estimate of drug-likeness (QED) is 0.792. The molecule has 136 valence electrons. The third kappa shape index (κ3) is 4.25. The Morgan fingerprint density at radius 3 is 2.88 bits per heavy atom. The lowest BCUT2D eigenvalue weighted by Gasteiger charge is -2.25. The molecule has 2 heterocycles. The molecule has 2 atom stereocenters. The third-order valence-electron chi connectivity index (χ3n) is 4.26. The molecule has 0 spiro atoms. The van der Waals surface area contributed by atoms with E-state index >= 15 is 0 Å². The number of rotatable bonds is 6. The summed E-state index contributed by atoms with van der Waals surface area (Å²) in [5, 5.41) is 4.07. The Balaban J connectivity index is 1.74. The summed E-state index contributed by atoms with van der Waals surface area (Å²) in [5.74, 6) is 1.86. The van der Waals surface area contributed by atoms with E-state index in [-0.39, 0.29) is 17.4 Å². The predicted octanol–water partition coefficient (Wildman–Crippen LogP) is 3.41. The molecule has 25 heavy (non-hydrogen) atoms. The van der Waals surface area contributed by atoms with Gasteiger partial charge in [-0.15, -0.1) is 0 Å². The number of benzene rings is 1. The molecule has 1 aliphatic heterocycles.